The second-order valence-corrected chi connectivity index (χ2v) is 6.59. The highest BCUT2D eigenvalue weighted by atomic mass is 127. The monoisotopic (exact) mass is 430 g/mol. The molecule has 0 amide bonds. The van der Waals surface area contributed by atoms with Gasteiger partial charge in [0.05, 0.1) is 0 Å². The van der Waals surface area contributed by atoms with Crippen LogP contribution in [0.4, 0.5) is 5.69 Å². The molecule has 1 fully saturated rings. The van der Waals surface area contributed by atoms with Crippen molar-refractivity contribution in [2.24, 2.45) is 16.6 Å². The Hall–Kier alpha value is -0.820. The Morgan fingerprint density at radius 1 is 1.43 bits per heavy atom. The van der Waals surface area contributed by atoms with Crippen LogP contribution < -0.4 is 11.1 Å². The molecule has 0 saturated carbocycles. The number of hydrogen-bond acceptors (Lipinski definition) is 2. The Morgan fingerprint density at radius 2 is 2.22 bits per heavy atom. The third-order valence-electron chi connectivity index (χ3n) is 4.26. The van der Waals surface area contributed by atoms with Gasteiger partial charge in [-0.15, -0.1) is 24.0 Å². The van der Waals surface area contributed by atoms with Crippen LogP contribution in [-0.4, -0.2) is 37.0 Å². The van der Waals surface area contributed by atoms with Gasteiger partial charge in [-0.05, 0) is 55.5 Å². The summed E-state index contributed by atoms with van der Waals surface area (Å²) in [7, 11) is 0. The Balaban J connectivity index is 0.00000264. The molecule has 1 heterocycles. The highest BCUT2D eigenvalue weighted by molar-refractivity contribution is 14.0. The SMILES string of the molecule is CCCN1CCC(CN=C(N)Nc2cccc(C(C)C)c2)C1.I. The molecule has 4 nitrogen and oxygen atoms in total. The maximum Gasteiger partial charge on any atom is 0.193 e. The molecular formula is C18H31IN4. The number of nitrogens with two attached hydrogens (primary N) is 1. The molecule has 2 rings (SSSR count). The van der Waals surface area contributed by atoms with E-state index in [1.807, 2.05) is 6.07 Å². The molecule has 0 aliphatic carbocycles. The fourth-order valence-corrected chi connectivity index (χ4v) is 2.97. The van der Waals surface area contributed by atoms with E-state index < -0.39 is 0 Å². The Morgan fingerprint density at radius 3 is 2.91 bits per heavy atom. The maximum absolute atomic E-state index is 6.03. The fourth-order valence-electron chi connectivity index (χ4n) is 2.97. The van der Waals surface area contributed by atoms with Crippen molar-refractivity contribution >= 4 is 35.6 Å². The average Bonchev–Trinajstić information content (AvgIpc) is 2.93. The summed E-state index contributed by atoms with van der Waals surface area (Å²) in [5, 5.41) is 3.21. The molecule has 0 bridgehead atoms. The topological polar surface area (TPSA) is 53.6 Å². The van der Waals surface area contributed by atoms with Gasteiger partial charge in [-0.2, -0.15) is 0 Å². The van der Waals surface area contributed by atoms with Crippen LogP contribution in [0, 0.1) is 5.92 Å². The molecule has 1 aliphatic rings. The summed E-state index contributed by atoms with van der Waals surface area (Å²) >= 11 is 0. The largest absolute Gasteiger partial charge is 0.370 e. The molecule has 0 spiro atoms. The first-order valence-corrected chi connectivity index (χ1v) is 8.47. The lowest BCUT2D eigenvalue weighted by molar-refractivity contribution is 0.326. The summed E-state index contributed by atoms with van der Waals surface area (Å²) in [5.41, 5.74) is 8.36. The van der Waals surface area contributed by atoms with Crippen LogP contribution in [0.25, 0.3) is 0 Å². The summed E-state index contributed by atoms with van der Waals surface area (Å²) < 4.78 is 0. The van der Waals surface area contributed by atoms with Gasteiger partial charge in [-0.3, -0.25) is 4.99 Å². The zero-order valence-electron chi connectivity index (χ0n) is 14.6. The van der Waals surface area contributed by atoms with Gasteiger partial charge in [0.25, 0.3) is 0 Å². The van der Waals surface area contributed by atoms with Crippen molar-refractivity contribution in [3.63, 3.8) is 0 Å². The second-order valence-electron chi connectivity index (χ2n) is 6.59. The number of anilines is 1. The van der Waals surface area contributed by atoms with Gasteiger partial charge in [0.15, 0.2) is 5.96 Å². The molecule has 1 aromatic rings. The molecule has 1 unspecified atom stereocenters. The smallest absolute Gasteiger partial charge is 0.193 e. The summed E-state index contributed by atoms with van der Waals surface area (Å²) in [5.74, 6) is 1.69. The van der Waals surface area contributed by atoms with Gasteiger partial charge in [0, 0.05) is 18.8 Å². The molecule has 3 N–H and O–H groups in total. The summed E-state index contributed by atoms with van der Waals surface area (Å²) in [6.45, 7) is 11.0. The number of benzene rings is 1. The van der Waals surface area contributed by atoms with E-state index in [-0.39, 0.29) is 24.0 Å². The molecule has 5 heteroatoms. The number of halogens is 1. The lowest BCUT2D eigenvalue weighted by atomic mass is 10.0. The van der Waals surface area contributed by atoms with E-state index in [0.717, 1.165) is 18.8 Å². The van der Waals surface area contributed by atoms with Gasteiger partial charge in [-0.25, -0.2) is 0 Å². The predicted octanol–water partition coefficient (Wildman–Crippen LogP) is 3.89. The van der Waals surface area contributed by atoms with Gasteiger partial charge < -0.3 is 16.0 Å². The van der Waals surface area contributed by atoms with Gasteiger partial charge in [0.1, 0.15) is 0 Å². The highest BCUT2D eigenvalue weighted by Crippen LogP contribution is 2.19. The molecular weight excluding hydrogens is 399 g/mol. The summed E-state index contributed by atoms with van der Waals surface area (Å²) in [6.07, 6.45) is 2.46. The minimum Gasteiger partial charge on any atom is -0.370 e. The number of guanidine groups is 1. The zero-order valence-corrected chi connectivity index (χ0v) is 16.9. The number of nitrogens with zero attached hydrogens (tertiary/aromatic N) is 2. The van der Waals surface area contributed by atoms with E-state index in [0.29, 0.717) is 17.8 Å². The first kappa shape index (κ1) is 20.2. The first-order chi connectivity index (χ1) is 10.6. The zero-order chi connectivity index (χ0) is 15.9. The number of nitrogens with one attached hydrogen (secondary N) is 1. The maximum atomic E-state index is 6.03. The van der Waals surface area contributed by atoms with Crippen molar-refractivity contribution in [3.05, 3.63) is 29.8 Å². The molecule has 1 atom stereocenters. The molecule has 0 aromatic heterocycles. The second kappa shape index (κ2) is 10.1. The van der Waals surface area contributed by atoms with E-state index in [2.05, 4.69) is 54.2 Å². The van der Waals surface area contributed by atoms with E-state index in [1.54, 1.807) is 0 Å². The van der Waals surface area contributed by atoms with Gasteiger partial charge in [-0.1, -0.05) is 32.9 Å². The quantitative estimate of drug-likeness (QED) is 0.409. The van der Waals surface area contributed by atoms with Crippen LogP contribution in [0.5, 0.6) is 0 Å². The van der Waals surface area contributed by atoms with Crippen molar-refractivity contribution in [1.82, 2.24) is 4.90 Å². The van der Waals surface area contributed by atoms with Crippen molar-refractivity contribution < 1.29 is 0 Å². The van der Waals surface area contributed by atoms with Crippen LogP contribution in [0.2, 0.25) is 0 Å². The number of likely N-dealkylation sites (tertiary alicyclic amines) is 1. The Bertz CT molecular complexity index is 502. The molecule has 23 heavy (non-hydrogen) atoms. The lowest BCUT2D eigenvalue weighted by Gasteiger charge is -2.14. The van der Waals surface area contributed by atoms with Crippen molar-refractivity contribution in [3.8, 4) is 0 Å². The third kappa shape index (κ3) is 6.67. The van der Waals surface area contributed by atoms with Crippen LogP contribution in [0.15, 0.2) is 29.3 Å². The lowest BCUT2D eigenvalue weighted by Crippen LogP contribution is -2.25. The van der Waals surface area contributed by atoms with Crippen molar-refractivity contribution in [1.29, 1.82) is 0 Å². The molecule has 0 radical (unpaired) electrons. The highest BCUT2D eigenvalue weighted by Gasteiger charge is 2.21. The van der Waals surface area contributed by atoms with Crippen LogP contribution in [0.3, 0.4) is 0 Å². The van der Waals surface area contributed by atoms with E-state index >= 15 is 0 Å². The minimum absolute atomic E-state index is 0. The predicted molar refractivity (Wildman–Crippen MR) is 111 cm³/mol. The van der Waals surface area contributed by atoms with E-state index in [1.165, 1.54) is 31.5 Å². The molecule has 130 valence electrons. The van der Waals surface area contributed by atoms with Gasteiger partial charge >= 0.3 is 0 Å². The van der Waals surface area contributed by atoms with Crippen molar-refractivity contribution in [2.45, 2.75) is 39.5 Å². The standard InChI is InChI=1S/C18H30N4.HI/c1-4-9-22-10-8-15(13-22)12-20-18(19)21-17-7-5-6-16(11-17)14(2)3;/h5-7,11,14-15H,4,8-10,12-13H2,1-3H3,(H3,19,20,21);1H. The van der Waals surface area contributed by atoms with Gasteiger partial charge in [0.2, 0.25) is 0 Å². The Kier molecular flexibility index (Phi) is 8.91. The summed E-state index contributed by atoms with van der Waals surface area (Å²) in [6, 6.07) is 8.38. The van der Waals surface area contributed by atoms with Crippen LogP contribution in [0.1, 0.15) is 45.1 Å². The number of hydrogen-bond donors (Lipinski definition) is 2. The average molecular weight is 430 g/mol. The first-order valence-electron chi connectivity index (χ1n) is 8.47. The van der Waals surface area contributed by atoms with Crippen LogP contribution in [-0.2, 0) is 0 Å². The fraction of sp³-hybridized carbons (Fsp3) is 0.611. The van der Waals surface area contributed by atoms with Crippen LogP contribution >= 0.6 is 24.0 Å². The molecule has 1 aliphatic heterocycles. The van der Waals surface area contributed by atoms with E-state index in [9.17, 15) is 0 Å². The third-order valence-corrected chi connectivity index (χ3v) is 4.26. The van der Waals surface area contributed by atoms with Crippen molar-refractivity contribution in [2.75, 3.05) is 31.5 Å². The normalized spacial score (nSPS) is 19.0. The number of rotatable bonds is 6. The molecule has 1 saturated heterocycles. The number of aliphatic imine (C=N–C) groups is 1. The Labute approximate surface area is 157 Å². The molecule has 1 aromatic carbocycles. The van der Waals surface area contributed by atoms with E-state index in [4.69, 9.17) is 5.73 Å². The summed E-state index contributed by atoms with van der Waals surface area (Å²) in [4.78, 5) is 7.05. The minimum atomic E-state index is 0.